The van der Waals surface area contributed by atoms with Crippen LogP contribution in [-0.4, -0.2) is 60.2 Å². The first-order chi connectivity index (χ1) is 16.7. The van der Waals surface area contributed by atoms with Gasteiger partial charge in [-0.1, -0.05) is 28.9 Å². The second-order valence-electron chi connectivity index (χ2n) is 10.0. The van der Waals surface area contributed by atoms with Crippen molar-refractivity contribution in [3.8, 4) is 0 Å². The van der Waals surface area contributed by atoms with Crippen LogP contribution in [0.25, 0.3) is 0 Å². The zero-order valence-corrected chi connectivity index (χ0v) is 21.8. The van der Waals surface area contributed by atoms with Crippen molar-refractivity contribution in [1.29, 1.82) is 0 Å². The van der Waals surface area contributed by atoms with Crippen LogP contribution in [0.15, 0.2) is 41.7 Å². The number of halogens is 1. The topological polar surface area (TPSA) is 72.1 Å². The normalized spacial score (nSPS) is 19.6. The molecule has 2 aliphatic rings. The van der Waals surface area contributed by atoms with Crippen molar-refractivity contribution < 1.29 is 14.4 Å². The Labute approximate surface area is 212 Å². The van der Waals surface area contributed by atoms with E-state index in [1.807, 2.05) is 36.1 Å². The second-order valence-corrected chi connectivity index (χ2v) is 10.4. The summed E-state index contributed by atoms with van der Waals surface area (Å²) in [7, 11) is 1.59. The molecule has 0 aliphatic carbocycles. The van der Waals surface area contributed by atoms with Crippen LogP contribution in [-0.2, 0) is 4.84 Å². The maximum Gasteiger partial charge on any atom is 0.260 e. The van der Waals surface area contributed by atoms with Crippen LogP contribution in [0.5, 0.6) is 0 Å². The number of likely N-dealkylation sites (tertiary alicyclic amines) is 2. The minimum atomic E-state index is -0.0330. The summed E-state index contributed by atoms with van der Waals surface area (Å²) in [6, 6.07) is 9.51. The van der Waals surface area contributed by atoms with E-state index in [-0.39, 0.29) is 11.4 Å². The van der Waals surface area contributed by atoms with Gasteiger partial charge in [0.2, 0.25) is 5.69 Å². The highest BCUT2D eigenvalue weighted by Crippen LogP contribution is 2.34. The van der Waals surface area contributed by atoms with Gasteiger partial charge in [0.05, 0.1) is 5.71 Å². The molecule has 2 fully saturated rings. The number of aromatic nitrogens is 1. The largest absolute Gasteiger partial charge is 0.618 e. The molecule has 0 saturated carbocycles. The lowest BCUT2D eigenvalue weighted by Gasteiger charge is -2.49. The molecule has 1 aromatic carbocycles. The molecule has 35 heavy (non-hydrogen) atoms. The summed E-state index contributed by atoms with van der Waals surface area (Å²) < 4.78 is 0.781. The van der Waals surface area contributed by atoms with Crippen LogP contribution in [0.1, 0.15) is 59.8 Å². The monoisotopic (exact) mass is 498 g/mol. The number of rotatable bonds is 5. The van der Waals surface area contributed by atoms with Gasteiger partial charge in [-0.25, -0.2) is 0 Å². The molecule has 7 nitrogen and oxygen atoms in total. The molecular formula is C27H35ClN4O3. The van der Waals surface area contributed by atoms with Crippen LogP contribution in [0, 0.1) is 25.0 Å². The number of oxime groups is 1. The molecule has 4 rings (SSSR count). The number of hydrogen-bond donors (Lipinski definition) is 0. The first-order valence-corrected chi connectivity index (χ1v) is 12.7. The first-order valence-electron chi connectivity index (χ1n) is 12.3. The lowest BCUT2D eigenvalue weighted by atomic mass is 9.82. The van der Waals surface area contributed by atoms with Crippen LogP contribution < -0.4 is 4.73 Å². The van der Waals surface area contributed by atoms with Crippen LogP contribution >= 0.6 is 11.6 Å². The van der Waals surface area contributed by atoms with Gasteiger partial charge >= 0.3 is 0 Å². The summed E-state index contributed by atoms with van der Waals surface area (Å²) in [4.78, 5) is 22.9. The highest BCUT2D eigenvalue weighted by Gasteiger charge is 2.40. The number of carbonyl (C=O) groups excluding carboxylic acids is 1. The lowest BCUT2D eigenvalue weighted by Crippen LogP contribution is -2.57. The third kappa shape index (κ3) is 5.31. The quantitative estimate of drug-likeness (QED) is 0.266. The molecule has 2 aromatic rings. The molecule has 2 saturated heterocycles. The summed E-state index contributed by atoms with van der Waals surface area (Å²) in [6.45, 7) is 9.30. The van der Waals surface area contributed by atoms with Crippen molar-refractivity contribution in [1.82, 2.24) is 9.80 Å². The van der Waals surface area contributed by atoms with Crippen molar-refractivity contribution in [2.45, 2.75) is 52.0 Å². The highest BCUT2D eigenvalue weighted by molar-refractivity contribution is 6.30. The van der Waals surface area contributed by atoms with Crippen molar-refractivity contribution in [2.24, 2.45) is 11.1 Å². The van der Waals surface area contributed by atoms with Gasteiger partial charge in [0.15, 0.2) is 6.20 Å². The predicted molar refractivity (Wildman–Crippen MR) is 138 cm³/mol. The van der Waals surface area contributed by atoms with Crippen LogP contribution in [0.3, 0.4) is 0 Å². The fraction of sp³-hybridized carbons (Fsp3) is 0.519. The van der Waals surface area contributed by atoms with E-state index in [2.05, 4.69) is 17.0 Å². The van der Waals surface area contributed by atoms with Gasteiger partial charge in [0.25, 0.3) is 5.91 Å². The molecule has 1 aromatic heterocycles. The average Bonchev–Trinajstić information content (AvgIpc) is 2.86. The molecule has 1 amide bonds. The molecule has 8 heteroatoms. The molecule has 0 atom stereocenters. The van der Waals surface area contributed by atoms with Gasteiger partial charge in [-0.05, 0) is 75.9 Å². The van der Waals surface area contributed by atoms with Gasteiger partial charge in [-0.2, -0.15) is 4.73 Å². The van der Waals surface area contributed by atoms with Crippen LogP contribution in [0.4, 0.5) is 0 Å². The Balaban J connectivity index is 1.38. The fourth-order valence-corrected chi connectivity index (χ4v) is 5.66. The molecular weight excluding hydrogens is 464 g/mol. The highest BCUT2D eigenvalue weighted by atomic mass is 35.5. The number of nitrogens with zero attached hydrogens (tertiary/aromatic N) is 4. The molecule has 0 spiro atoms. The SMILES string of the molecule is CO/N=C(\c1ccc(Cl)cc1)C1CCN(C2(C)CCN(C(=O)c3c(C)cc[n+]([O-])c3C)CC2)CC1. The van der Waals surface area contributed by atoms with E-state index in [0.717, 1.165) is 60.3 Å². The van der Waals surface area contributed by atoms with E-state index >= 15 is 0 Å². The summed E-state index contributed by atoms with van der Waals surface area (Å²) in [6.07, 6.45) is 5.32. The molecule has 0 bridgehead atoms. The Morgan fingerprint density at radius 2 is 1.74 bits per heavy atom. The molecule has 0 N–H and O–H groups in total. The molecule has 0 unspecified atom stereocenters. The van der Waals surface area contributed by atoms with E-state index in [9.17, 15) is 10.0 Å². The van der Waals surface area contributed by atoms with E-state index in [4.69, 9.17) is 16.4 Å². The molecule has 188 valence electrons. The van der Waals surface area contributed by atoms with Crippen molar-refractivity contribution in [3.05, 3.63) is 69.1 Å². The summed E-state index contributed by atoms with van der Waals surface area (Å²) in [5, 5.41) is 17.1. The van der Waals surface area contributed by atoms with E-state index < -0.39 is 0 Å². The summed E-state index contributed by atoms with van der Waals surface area (Å²) in [5.74, 6) is 0.301. The van der Waals surface area contributed by atoms with Gasteiger partial charge in [0.1, 0.15) is 12.7 Å². The van der Waals surface area contributed by atoms with Gasteiger partial charge in [-0.15, -0.1) is 0 Å². The Bertz CT molecular complexity index is 1090. The van der Waals surface area contributed by atoms with E-state index in [1.165, 1.54) is 6.20 Å². The first kappa shape index (κ1) is 25.5. The van der Waals surface area contributed by atoms with E-state index in [0.29, 0.717) is 35.3 Å². The van der Waals surface area contributed by atoms with Crippen molar-refractivity contribution >= 4 is 23.2 Å². The fourth-order valence-electron chi connectivity index (χ4n) is 5.53. The third-order valence-corrected chi connectivity index (χ3v) is 8.12. The number of hydrogen-bond acceptors (Lipinski definition) is 5. The standard InChI is InChI=1S/C27H35ClN4O3/c1-19-9-16-32(34)20(2)24(19)26(33)30-17-12-27(3,13-18-30)31-14-10-22(11-15-31)25(29-35-4)21-5-7-23(28)8-6-21/h5-9,16,22H,10-15,17-18H2,1-4H3/b29-25+. The zero-order valence-electron chi connectivity index (χ0n) is 21.1. The maximum atomic E-state index is 13.2. The van der Waals surface area contributed by atoms with E-state index in [1.54, 1.807) is 20.1 Å². The molecule has 0 radical (unpaired) electrons. The van der Waals surface area contributed by atoms with Gasteiger partial charge < -0.3 is 14.9 Å². The van der Waals surface area contributed by atoms with Crippen molar-refractivity contribution in [2.75, 3.05) is 33.3 Å². The molecule has 3 heterocycles. The van der Waals surface area contributed by atoms with Crippen LogP contribution in [0.2, 0.25) is 5.02 Å². The Morgan fingerprint density at radius 1 is 1.11 bits per heavy atom. The maximum absolute atomic E-state index is 13.2. The minimum Gasteiger partial charge on any atom is -0.618 e. The second kappa shape index (κ2) is 10.5. The number of pyridine rings is 1. The number of benzene rings is 1. The molecule has 2 aliphatic heterocycles. The number of piperidine rings is 2. The average molecular weight is 499 g/mol. The Kier molecular flexibility index (Phi) is 7.67. The Hall–Kier alpha value is -2.64. The van der Waals surface area contributed by atoms with Gasteiger partial charge in [0, 0.05) is 42.6 Å². The number of carbonyl (C=O) groups is 1. The van der Waals surface area contributed by atoms with Crippen molar-refractivity contribution in [3.63, 3.8) is 0 Å². The number of amides is 1. The number of aryl methyl sites for hydroxylation is 1. The van der Waals surface area contributed by atoms with Gasteiger partial charge in [-0.3, -0.25) is 9.69 Å². The summed E-state index contributed by atoms with van der Waals surface area (Å²) in [5.41, 5.74) is 3.96. The minimum absolute atomic E-state index is 0.0330. The lowest BCUT2D eigenvalue weighted by molar-refractivity contribution is -0.612. The zero-order chi connectivity index (χ0) is 25.2. The Morgan fingerprint density at radius 3 is 2.34 bits per heavy atom. The summed E-state index contributed by atoms with van der Waals surface area (Å²) >= 11 is 6.07. The predicted octanol–water partition coefficient (Wildman–Crippen LogP) is 4.35. The smallest absolute Gasteiger partial charge is 0.260 e. The third-order valence-electron chi connectivity index (χ3n) is 7.86.